The Bertz CT molecular complexity index is 437. The van der Waals surface area contributed by atoms with Crippen LogP contribution in [0, 0.1) is 5.82 Å². The molecule has 2 aliphatic rings. The SMILES string of the molecule is NC1CC2CCCC(C1)N2c1ccc(Br)cc1F. The third kappa shape index (κ3) is 2.16. The van der Waals surface area contributed by atoms with Crippen molar-refractivity contribution in [1.82, 2.24) is 0 Å². The van der Waals surface area contributed by atoms with Gasteiger partial charge in [-0.05, 0) is 50.3 Å². The maximum Gasteiger partial charge on any atom is 0.147 e. The Labute approximate surface area is 115 Å². The Hall–Kier alpha value is -0.610. The minimum atomic E-state index is -0.128. The number of anilines is 1. The molecule has 1 aromatic rings. The predicted molar refractivity (Wildman–Crippen MR) is 75.2 cm³/mol. The zero-order valence-electron chi connectivity index (χ0n) is 10.3. The first-order valence-corrected chi connectivity index (χ1v) is 7.43. The monoisotopic (exact) mass is 312 g/mol. The molecule has 2 saturated heterocycles. The first-order valence-electron chi connectivity index (χ1n) is 6.64. The number of halogens is 2. The van der Waals surface area contributed by atoms with Gasteiger partial charge in [0.25, 0.3) is 0 Å². The summed E-state index contributed by atoms with van der Waals surface area (Å²) in [5, 5.41) is 0. The molecule has 98 valence electrons. The van der Waals surface area contributed by atoms with Gasteiger partial charge in [0.1, 0.15) is 5.82 Å². The molecule has 0 radical (unpaired) electrons. The maximum atomic E-state index is 14.1. The van der Waals surface area contributed by atoms with E-state index in [1.807, 2.05) is 12.1 Å². The van der Waals surface area contributed by atoms with Crippen LogP contribution in [0.4, 0.5) is 10.1 Å². The molecule has 0 saturated carbocycles. The number of nitrogens with zero attached hydrogens (tertiary/aromatic N) is 1. The Balaban J connectivity index is 1.95. The molecule has 2 nitrogen and oxygen atoms in total. The number of fused-ring (bicyclic) bond motifs is 2. The van der Waals surface area contributed by atoms with E-state index in [-0.39, 0.29) is 11.9 Å². The fourth-order valence-electron chi connectivity index (χ4n) is 3.51. The minimum absolute atomic E-state index is 0.128. The summed E-state index contributed by atoms with van der Waals surface area (Å²) in [5.41, 5.74) is 6.85. The summed E-state index contributed by atoms with van der Waals surface area (Å²) in [5.74, 6) is -0.128. The Morgan fingerprint density at radius 3 is 2.50 bits per heavy atom. The summed E-state index contributed by atoms with van der Waals surface area (Å²) in [6, 6.07) is 6.49. The number of benzene rings is 1. The first-order chi connectivity index (χ1) is 8.65. The van der Waals surface area contributed by atoms with Crippen molar-refractivity contribution in [2.45, 2.75) is 50.2 Å². The fourth-order valence-corrected chi connectivity index (χ4v) is 3.84. The van der Waals surface area contributed by atoms with E-state index < -0.39 is 0 Å². The van der Waals surface area contributed by atoms with Gasteiger partial charge in [0.15, 0.2) is 0 Å². The van der Waals surface area contributed by atoms with Gasteiger partial charge in [-0.1, -0.05) is 15.9 Å². The average Bonchev–Trinajstić information content (AvgIpc) is 2.28. The van der Waals surface area contributed by atoms with E-state index in [1.54, 1.807) is 6.07 Å². The van der Waals surface area contributed by atoms with Crippen LogP contribution < -0.4 is 10.6 Å². The van der Waals surface area contributed by atoms with E-state index in [2.05, 4.69) is 20.8 Å². The molecule has 2 aliphatic heterocycles. The highest BCUT2D eigenvalue weighted by Crippen LogP contribution is 2.38. The number of nitrogens with two attached hydrogens (primary N) is 1. The highest BCUT2D eigenvalue weighted by molar-refractivity contribution is 9.10. The lowest BCUT2D eigenvalue weighted by Gasteiger charge is -2.49. The molecular formula is C14H18BrFN2. The van der Waals surface area contributed by atoms with Crippen molar-refractivity contribution in [2.24, 2.45) is 5.73 Å². The summed E-state index contributed by atoms with van der Waals surface area (Å²) in [6.07, 6.45) is 5.51. The molecule has 0 aromatic heterocycles. The quantitative estimate of drug-likeness (QED) is 0.860. The predicted octanol–water partition coefficient (Wildman–Crippen LogP) is 3.44. The van der Waals surface area contributed by atoms with Gasteiger partial charge in [-0.25, -0.2) is 4.39 Å². The first kappa shape index (κ1) is 12.4. The molecule has 0 amide bonds. The van der Waals surface area contributed by atoms with Gasteiger partial charge in [-0.2, -0.15) is 0 Å². The van der Waals surface area contributed by atoms with Gasteiger partial charge in [0.05, 0.1) is 5.69 Å². The van der Waals surface area contributed by atoms with Crippen LogP contribution in [0.1, 0.15) is 32.1 Å². The molecule has 3 rings (SSSR count). The molecule has 18 heavy (non-hydrogen) atoms. The van der Waals surface area contributed by atoms with Gasteiger partial charge in [0, 0.05) is 22.6 Å². The zero-order valence-corrected chi connectivity index (χ0v) is 11.9. The number of hydrogen-bond donors (Lipinski definition) is 1. The van der Waals surface area contributed by atoms with Gasteiger partial charge < -0.3 is 10.6 Å². The fraction of sp³-hybridized carbons (Fsp3) is 0.571. The van der Waals surface area contributed by atoms with Crippen molar-refractivity contribution >= 4 is 21.6 Å². The molecular weight excluding hydrogens is 295 g/mol. The zero-order chi connectivity index (χ0) is 12.7. The van der Waals surface area contributed by atoms with E-state index >= 15 is 0 Å². The van der Waals surface area contributed by atoms with Crippen molar-refractivity contribution in [3.63, 3.8) is 0 Å². The van der Waals surface area contributed by atoms with E-state index in [1.165, 1.54) is 6.42 Å². The Morgan fingerprint density at radius 1 is 1.22 bits per heavy atom. The molecule has 0 aliphatic carbocycles. The number of piperidine rings is 2. The second-order valence-electron chi connectivity index (χ2n) is 5.47. The van der Waals surface area contributed by atoms with Crippen LogP contribution in [0.2, 0.25) is 0 Å². The van der Waals surface area contributed by atoms with Crippen molar-refractivity contribution < 1.29 is 4.39 Å². The highest BCUT2D eigenvalue weighted by Gasteiger charge is 2.38. The minimum Gasteiger partial charge on any atom is -0.363 e. The van der Waals surface area contributed by atoms with Crippen molar-refractivity contribution in [3.8, 4) is 0 Å². The Morgan fingerprint density at radius 2 is 1.89 bits per heavy atom. The van der Waals surface area contributed by atoms with E-state index in [4.69, 9.17) is 5.73 Å². The largest absolute Gasteiger partial charge is 0.363 e. The molecule has 2 fully saturated rings. The summed E-state index contributed by atoms with van der Waals surface area (Å²) in [4.78, 5) is 2.29. The third-order valence-electron chi connectivity index (χ3n) is 4.20. The molecule has 2 unspecified atom stereocenters. The molecule has 2 bridgehead atoms. The highest BCUT2D eigenvalue weighted by atomic mass is 79.9. The lowest BCUT2D eigenvalue weighted by molar-refractivity contribution is 0.269. The van der Waals surface area contributed by atoms with Crippen molar-refractivity contribution in [1.29, 1.82) is 0 Å². The van der Waals surface area contributed by atoms with Gasteiger partial charge in [-0.15, -0.1) is 0 Å². The van der Waals surface area contributed by atoms with Crippen LogP contribution in [0.25, 0.3) is 0 Å². The van der Waals surface area contributed by atoms with Crippen molar-refractivity contribution in [3.05, 3.63) is 28.5 Å². The van der Waals surface area contributed by atoms with Crippen LogP contribution in [0.15, 0.2) is 22.7 Å². The topological polar surface area (TPSA) is 29.3 Å². The summed E-state index contributed by atoms with van der Waals surface area (Å²) >= 11 is 3.31. The van der Waals surface area contributed by atoms with Crippen LogP contribution in [0.5, 0.6) is 0 Å². The number of rotatable bonds is 1. The standard InChI is InChI=1S/C14H18BrFN2/c15-9-4-5-14(13(16)6-9)18-11-2-1-3-12(18)8-10(17)7-11/h4-6,10-12H,1-3,7-8,17H2. The summed E-state index contributed by atoms with van der Waals surface area (Å²) in [6.45, 7) is 0. The van der Waals surface area contributed by atoms with E-state index in [0.717, 1.165) is 35.8 Å². The summed E-state index contributed by atoms with van der Waals surface area (Å²) < 4.78 is 14.9. The van der Waals surface area contributed by atoms with Crippen LogP contribution >= 0.6 is 15.9 Å². The molecule has 2 N–H and O–H groups in total. The molecule has 4 heteroatoms. The third-order valence-corrected chi connectivity index (χ3v) is 4.69. The van der Waals surface area contributed by atoms with Crippen molar-refractivity contribution in [2.75, 3.05) is 4.90 Å². The van der Waals surface area contributed by atoms with Crippen LogP contribution in [-0.4, -0.2) is 18.1 Å². The van der Waals surface area contributed by atoms with Gasteiger partial charge in [-0.3, -0.25) is 0 Å². The smallest absolute Gasteiger partial charge is 0.147 e. The van der Waals surface area contributed by atoms with E-state index in [9.17, 15) is 4.39 Å². The van der Waals surface area contributed by atoms with Gasteiger partial charge in [0.2, 0.25) is 0 Å². The lowest BCUT2D eigenvalue weighted by Crippen LogP contribution is -2.55. The average molecular weight is 313 g/mol. The van der Waals surface area contributed by atoms with Crippen LogP contribution in [0.3, 0.4) is 0 Å². The molecule has 1 aromatic carbocycles. The second-order valence-corrected chi connectivity index (χ2v) is 6.39. The van der Waals surface area contributed by atoms with E-state index in [0.29, 0.717) is 12.1 Å². The lowest BCUT2D eigenvalue weighted by atomic mass is 9.81. The Kier molecular flexibility index (Phi) is 3.32. The van der Waals surface area contributed by atoms with Gasteiger partial charge >= 0.3 is 0 Å². The maximum absolute atomic E-state index is 14.1. The second kappa shape index (κ2) is 4.82. The van der Waals surface area contributed by atoms with Crippen LogP contribution in [-0.2, 0) is 0 Å². The normalized spacial score (nSPS) is 31.5. The number of hydrogen-bond acceptors (Lipinski definition) is 2. The molecule has 2 atom stereocenters. The molecule has 2 heterocycles. The summed E-state index contributed by atoms with van der Waals surface area (Å²) in [7, 11) is 0. The molecule has 0 spiro atoms.